The van der Waals surface area contributed by atoms with Gasteiger partial charge in [-0.15, -0.1) is 0 Å². The molecule has 0 bridgehead atoms. The molecule has 2 heteroatoms. The van der Waals surface area contributed by atoms with E-state index in [1.165, 1.54) is 56.3 Å². The molecule has 0 atom stereocenters. The van der Waals surface area contributed by atoms with E-state index in [-0.39, 0.29) is 31.0 Å². The second-order valence-electron chi connectivity index (χ2n) is 4.24. The number of rotatable bonds is 8. The van der Waals surface area contributed by atoms with Crippen molar-refractivity contribution in [2.24, 2.45) is 0 Å². The van der Waals surface area contributed by atoms with Gasteiger partial charge in [0.05, 0.1) is 26.2 Å². The first kappa shape index (κ1) is 17.4. The predicted molar refractivity (Wildman–Crippen MR) is 62.0 cm³/mol. The molecule has 14 heavy (non-hydrogen) atoms. The number of nitrogens with zero attached hydrogens (tertiary/aromatic N) is 1. The first-order valence-corrected chi connectivity index (χ1v) is 6.09. The van der Waals surface area contributed by atoms with Crippen LogP contribution in [0.2, 0.25) is 0 Å². The van der Waals surface area contributed by atoms with E-state index in [4.69, 9.17) is 0 Å². The summed E-state index contributed by atoms with van der Waals surface area (Å²) >= 11 is 0. The predicted octanol–water partition coefficient (Wildman–Crippen LogP) is 0.560. The van der Waals surface area contributed by atoms with Gasteiger partial charge in [0.25, 0.3) is 0 Å². The summed E-state index contributed by atoms with van der Waals surface area (Å²) in [6.07, 6.45) is 5.33. The quantitative estimate of drug-likeness (QED) is 0.406. The van der Waals surface area contributed by atoms with Crippen molar-refractivity contribution in [1.29, 1.82) is 0 Å². The van der Waals surface area contributed by atoms with E-state index in [0.717, 1.165) is 0 Å². The molecular weight excluding hydrogens is 181 g/mol. The van der Waals surface area contributed by atoms with Crippen molar-refractivity contribution in [2.75, 3.05) is 26.2 Å². The summed E-state index contributed by atoms with van der Waals surface area (Å²) in [5, 5.41) is 0. The van der Waals surface area contributed by atoms with E-state index >= 15 is 0 Å². The Bertz CT molecular complexity index is 90.7. The van der Waals surface area contributed by atoms with E-state index < -0.39 is 0 Å². The molecule has 0 saturated carbocycles. The summed E-state index contributed by atoms with van der Waals surface area (Å²) in [5.74, 6) is 0. The maximum atomic E-state index is 2.31. The van der Waals surface area contributed by atoms with Crippen molar-refractivity contribution >= 4 is 0 Å². The summed E-state index contributed by atoms with van der Waals surface area (Å²) in [5.41, 5.74) is 0. The van der Waals surface area contributed by atoms with Gasteiger partial charge in [0.2, 0.25) is 0 Å². The van der Waals surface area contributed by atoms with Crippen LogP contribution in [0, 0.1) is 0 Å². The molecule has 0 aromatic rings. The molecule has 0 radical (unpaired) electrons. The summed E-state index contributed by atoms with van der Waals surface area (Å²) < 4.78 is 1.38. The first-order valence-electron chi connectivity index (χ1n) is 6.09. The Morgan fingerprint density at radius 2 is 0.857 bits per heavy atom. The molecule has 1 nitrogen and oxygen atoms in total. The molecule has 0 aliphatic rings. The molecule has 0 amide bonds. The second-order valence-corrected chi connectivity index (χ2v) is 4.24. The third-order valence-corrected chi connectivity index (χ3v) is 2.79. The molecule has 0 fully saturated rings. The van der Waals surface area contributed by atoms with Crippen LogP contribution in [0.25, 0.3) is 0 Å². The van der Waals surface area contributed by atoms with Crippen LogP contribution in [0.15, 0.2) is 0 Å². The SMILES string of the molecule is CCC[N+](CCC)(CCC)CCC.[H-].[Na+]. The van der Waals surface area contributed by atoms with E-state index in [2.05, 4.69) is 27.7 Å². The van der Waals surface area contributed by atoms with Gasteiger partial charge < -0.3 is 5.91 Å². The Kier molecular flexibility index (Phi) is 13.0. The van der Waals surface area contributed by atoms with Gasteiger partial charge >= 0.3 is 29.6 Å². The maximum Gasteiger partial charge on any atom is 1.00 e. The van der Waals surface area contributed by atoms with Gasteiger partial charge in [0.1, 0.15) is 0 Å². The zero-order valence-electron chi connectivity index (χ0n) is 12.1. The Balaban J connectivity index is -0.000000720. The van der Waals surface area contributed by atoms with E-state index in [0.29, 0.717) is 0 Å². The van der Waals surface area contributed by atoms with Crippen LogP contribution in [0.1, 0.15) is 54.8 Å². The van der Waals surface area contributed by atoms with Crippen molar-refractivity contribution in [1.82, 2.24) is 0 Å². The van der Waals surface area contributed by atoms with Crippen LogP contribution < -0.4 is 29.6 Å². The van der Waals surface area contributed by atoms with Crippen molar-refractivity contribution in [3.8, 4) is 0 Å². The standard InChI is InChI=1S/C12H28N.Na.H/c1-5-9-13(10-6-2,11-7-3)12-8-4;;/h5-12H2,1-4H3;;/q2*+1;-1. The van der Waals surface area contributed by atoms with Crippen molar-refractivity contribution in [3.63, 3.8) is 0 Å². The third kappa shape index (κ3) is 6.44. The van der Waals surface area contributed by atoms with Crippen molar-refractivity contribution in [2.45, 2.75) is 53.4 Å². The van der Waals surface area contributed by atoms with Gasteiger partial charge in [0.15, 0.2) is 0 Å². The van der Waals surface area contributed by atoms with Crippen LogP contribution in [-0.4, -0.2) is 30.7 Å². The van der Waals surface area contributed by atoms with Gasteiger partial charge in [0, 0.05) is 0 Å². The Morgan fingerprint density at radius 1 is 0.643 bits per heavy atom. The largest absolute Gasteiger partial charge is 1.00 e. The molecule has 82 valence electrons. The van der Waals surface area contributed by atoms with Gasteiger partial charge in [-0.1, -0.05) is 27.7 Å². The zero-order chi connectivity index (χ0) is 10.2. The summed E-state index contributed by atoms with van der Waals surface area (Å²) in [7, 11) is 0. The minimum Gasteiger partial charge on any atom is -1.00 e. The fourth-order valence-corrected chi connectivity index (χ4v) is 2.57. The van der Waals surface area contributed by atoms with Crippen LogP contribution in [0.3, 0.4) is 0 Å². The number of quaternary nitrogens is 1. The minimum absolute atomic E-state index is 0. The van der Waals surface area contributed by atoms with Crippen LogP contribution >= 0.6 is 0 Å². The molecule has 0 aromatic carbocycles. The van der Waals surface area contributed by atoms with Crippen LogP contribution in [-0.2, 0) is 0 Å². The minimum atomic E-state index is 0. The van der Waals surface area contributed by atoms with Crippen LogP contribution in [0.5, 0.6) is 0 Å². The topological polar surface area (TPSA) is 0 Å². The Morgan fingerprint density at radius 3 is 1.00 bits per heavy atom. The average molecular weight is 210 g/mol. The number of hydrogen-bond acceptors (Lipinski definition) is 0. The smallest absolute Gasteiger partial charge is 1.00 e. The van der Waals surface area contributed by atoms with E-state index in [1.807, 2.05) is 0 Å². The summed E-state index contributed by atoms with van der Waals surface area (Å²) in [6.45, 7) is 14.8. The zero-order valence-corrected chi connectivity index (χ0v) is 13.1. The monoisotopic (exact) mass is 210 g/mol. The number of hydrogen-bond donors (Lipinski definition) is 0. The molecule has 0 unspecified atom stereocenters. The molecule has 0 aliphatic carbocycles. The van der Waals surface area contributed by atoms with Crippen LogP contribution in [0.4, 0.5) is 0 Å². The van der Waals surface area contributed by atoms with Crippen molar-refractivity contribution < 1.29 is 35.5 Å². The molecule has 0 N–H and O–H groups in total. The fraction of sp³-hybridized carbons (Fsp3) is 1.00. The van der Waals surface area contributed by atoms with Crippen molar-refractivity contribution in [3.05, 3.63) is 0 Å². The fourth-order valence-electron chi connectivity index (χ4n) is 2.57. The summed E-state index contributed by atoms with van der Waals surface area (Å²) in [4.78, 5) is 0. The first-order chi connectivity index (χ1) is 6.24. The maximum absolute atomic E-state index is 2.31. The third-order valence-electron chi connectivity index (χ3n) is 2.79. The molecule has 0 heterocycles. The van der Waals surface area contributed by atoms with E-state index in [1.54, 1.807) is 0 Å². The molecule has 0 spiro atoms. The van der Waals surface area contributed by atoms with Gasteiger partial charge in [-0.2, -0.15) is 0 Å². The Labute approximate surface area is 115 Å². The molecule has 0 saturated heterocycles. The van der Waals surface area contributed by atoms with E-state index in [9.17, 15) is 0 Å². The van der Waals surface area contributed by atoms with Gasteiger partial charge in [-0.05, 0) is 25.7 Å². The molecule has 0 aromatic heterocycles. The summed E-state index contributed by atoms with van der Waals surface area (Å²) in [6, 6.07) is 0. The molecular formula is C12H29NNa+. The van der Waals surface area contributed by atoms with Gasteiger partial charge in [-0.25, -0.2) is 0 Å². The Hall–Kier alpha value is 0.960. The average Bonchev–Trinajstić information content (AvgIpc) is 2.06. The second kappa shape index (κ2) is 10.5. The van der Waals surface area contributed by atoms with Gasteiger partial charge in [-0.3, -0.25) is 0 Å². The normalized spacial score (nSPS) is 11.1. The molecule has 0 rings (SSSR count). The molecule has 0 aliphatic heterocycles.